The topological polar surface area (TPSA) is 62.7 Å². The molecule has 1 aromatic carbocycles. The Labute approximate surface area is 196 Å². The highest BCUT2D eigenvalue weighted by atomic mass is 35.5. The number of alkyl halides is 6. The molecule has 0 N–H and O–H groups in total. The second-order valence-corrected chi connectivity index (χ2v) is 10.3. The molecule has 1 aromatic heterocycles. The van der Waals surface area contributed by atoms with Gasteiger partial charge in [-0.05, 0) is 24.3 Å². The van der Waals surface area contributed by atoms with Crippen LogP contribution in [0.4, 0.5) is 26.3 Å². The Hall–Kier alpha value is -2.09. The van der Waals surface area contributed by atoms with E-state index in [1.165, 1.54) is 12.1 Å². The van der Waals surface area contributed by atoms with E-state index in [-0.39, 0.29) is 25.0 Å². The minimum atomic E-state index is -4.66. The smallest absolute Gasteiger partial charge is 0.433 e. The summed E-state index contributed by atoms with van der Waals surface area (Å²) in [4.78, 5) is 5.02. The fraction of sp³-hybridized carbons (Fsp3) is 0.450. The van der Waals surface area contributed by atoms with Crippen LogP contribution < -0.4 is 4.74 Å². The average molecular weight is 530 g/mol. The number of piperazine rings is 1. The van der Waals surface area contributed by atoms with Crippen LogP contribution in [-0.4, -0.2) is 60.9 Å². The van der Waals surface area contributed by atoms with Crippen molar-refractivity contribution in [2.24, 2.45) is 0 Å². The Kier molecular flexibility index (Phi) is 6.51. The molecule has 14 heteroatoms. The summed E-state index contributed by atoms with van der Waals surface area (Å²) in [6, 6.07) is 5.13. The van der Waals surface area contributed by atoms with Crippen molar-refractivity contribution in [2.45, 2.75) is 35.8 Å². The quantitative estimate of drug-likeness (QED) is 0.553. The highest BCUT2D eigenvalue weighted by Crippen LogP contribution is 2.36. The molecule has 2 aliphatic heterocycles. The predicted octanol–water partition coefficient (Wildman–Crippen LogP) is 4.30. The molecule has 0 radical (unpaired) electrons. The molecule has 2 aromatic rings. The van der Waals surface area contributed by atoms with Crippen LogP contribution in [0.1, 0.15) is 17.7 Å². The van der Waals surface area contributed by atoms with Gasteiger partial charge in [0.15, 0.2) is 0 Å². The molecule has 2 atom stereocenters. The van der Waals surface area contributed by atoms with Gasteiger partial charge in [0, 0.05) is 44.7 Å². The summed E-state index contributed by atoms with van der Waals surface area (Å²) in [5, 5.41) is -0.527. The number of pyridine rings is 1. The van der Waals surface area contributed by atoms with E-state index in [0.717, 1.165) is 16.4 Å². The van der Waals surface area contributed by atoms with E-state index in [1.807, 2.05) is 4.90 Å². The van der Waals surface area contributed by atoms with Crippen molar-refractivity contribution in [1.82, 2.24) is 14.2 Å². The van der Waals surface area contributed by atoms with Crippen LogP contribution >= 0.6 is 11.6 Å². The fourth-order valence-electron chi connectivity index (χ4n) is 4.11. The van der Waals surface area contributed by atoms with Gasteiger partial charge in [-0.25, -0.2) is 13.4 Å². The van der Waals surface area contributed by atoms with E-state index >= 15 is 0 Å². The Balaban J connectivity index is 1.45. The zero-order valence-electron chi connectivity index (χ0n) is 17.3. The lowest BCUT2D eigenvalue weighted by molar-refractivity contribution is -0.141. The molecule has 0 aliphatic carbocycles. The lowest BCUT2D eigenvalue weighted by Gasteiger charge is -2.36. The molecule has 0 saturated carbocycles. The van der Waals surface area contributed by atoms with Crippen molar-refractivity contribution in [3.05, 3.63) is 52.7 Å². The van der Waals surface area contributed by atoms with Gasteiger partial charge in [-0.1, -0.05) is 17.7 Å². The van der Waals surface area contributed by atoms with Gasteiger partial charge < -0.3 is 4.74 Å². The van der Waals surface area contributed by atoms with E-state index in [1.54, 1.807) is 0 Å². The first-order valence-electron chi connectivity index (χ1n) is 10.1. The Morgan fingerprint density at radius 3 is 2.38 bits per heavy atom. The molecule has 0 unspecified atom stereocenters. The van der Waals surface area contributed by atoms with Crippen LogP contribution in [0.5, 0.6) is 5.88 Å². The van der Waals surface area contributed by atoms with Crippen molar-refractivity contribution in [3.8, 4) is 5.88 Å². The van der Waals surface area contributed by atoms with E-state index < -0.39 is 49.7 Å². The van der Waals surface area contributed by atoms with Crippen LogP contribution in [0.2, 0.25) is 5.02 Å². The summed E-state index contributed by atoms with van der Waals surface area (Å²) in [6.07, 6.45) is -9.44. The third-order valence-corrected chi connectivity index (χ3v) is 8.07. The van der Waals surface area contributed by atoms with E-state index in [4.69, 9.17) is 16.3 Å². The minimum absolute atomic E-state index is 0.0373. The van der Waals surface area contributed by atoms with E-state index in [2.05, 4.69) is 4.98 Å². The second kappa shape index (κ2) is 8.85. The van der Waals surface area contributed by atoms with Gasteiger partial charge in [-0.15, -0.1) is 0 Å². The number of rotatable bonds is 4. The normalized spacial score (nSPS) is 22.6. The molecule has 186 valence electrons. The zero-order chi connectivity index (χ0) is 24.9. The van der Waals surface area contributed by atoms with Gasteiger partial charge >= 0.3 is 12.4 Å². The fourth-order valence-corrected chi connectivity index (χ4v) is 6.09. The number of aromatic nitrogens is 1. The van der Waals surface area contributed by atoms with Crippen molar-refractivity contribution in [2.75, 3.05) is 26.2 Å². The summed E-state index contributed by atoms with van der Waals surface area (Å²) in [7, 11) is -4.16. The first kappa shape index (κ1) is 25.0. The number of hydrogen-bond donors (Lipinski definition) is 0. The molecular weight excluding hydrogens is 512 g/mol. The highest BCUT2D eigenvalue weighted by molar-refractivity contribution is 7.89. The Morgan fingerprint density at radius 2 is 1.74 bits per heavy atom. The van der Waals surface area contributed by atoms with Crippen LogP contribution in [0.15, 0.2) is 41.3 Å². The van der Waals surface area contributed by atoms with Crippen molar-refractivity contribution >= 4 is 21.6 Å². The number of benzene rings is 1. The lowest BCUT2D eigenvalue weighted by atomic mass is 10.2. The van der Waals surface area contributed by atoms with Crippen molar-refractivity contribution in [1.29, 1.82) is 0 Å². The average Bonchev–Trinajstić information content (AvgIpc) is 3.13. The third kappa shape index (κ3) is 5.11. The summed E-state index contributed by atoms with van der Waals surface area (Å²) >= 11 is 5.89. The first-order chi connectivity index (χ1) is 15.7. The van der Waals surface area contributed by atoms with Gasteiger partial charge in [0.05, 0.1) is 10.6 Å². The zero-order valence-corrected chi connectivity index (χ0v) is 18.8. The van der Waals surface area contributed by atoms with Gasteiger partial charge in [0.25, 0.3) is 0 Å². The summed E-state index contributed by atoms with van der Waals surface area (Å²) in [5.41, 5.74) is -2.13. The predicted molar refractivity (Wildman–Crippen MR) is 109 cm³/mol. The molecule has 2 aliphatic rings. The van der Waals surface area contributed by atoms with E-state index in [9.17, 15) is 34.8 Å². The van der Waals surface area contributed by atoms with Gasteiger partial charge in [0.2, 0.25) is 15.9 Å². The maximum Gasteiger partial charge on any atom is 0.433 e. The molecule has 3 heterocycles. The standard InChI is InChI=1S/C20H18ClF6N3O3S/c21-15-8-12(19(22,23)24)4-5-16(15)34(31,32)30-7-6-29-11-14(9-13(29)10-30)33-18-3-1-2-17(28-18)20(25,26)27/h1-5,8,13-14H,6-7,9-11H2/t13-,14+/m0/s1. The van der Waals surface area contributed by atoms with Gasteiger partial charge in [0.1, 0.15) is 16.7 Å². The third-order valence-electron chi connectivity index (χ3n) is 5.72. The van der Waals surface area contributed by atoms with Crippen molar-refractivity contribution < 1.29 is 39.5 Å². The molecule has 2 saturated heterocycles. The largest absolute Gasteiger partial charge is 0.473 e. The molecule has 0 amide bonds. The first-order valence-corrected chi connectivity index (χ1v) is 11.9. The molecule has 4 rings (SSSR count). The van der Waals surface area contributed by atoms with Gasteiger partial charge in [-0.3, -0.25) is 4.90 Å². The number of sulfonamides is 1. The SMILES string of the molecule is O=S(=O)(c1ccc(C(F)(F)F)cc1Cl)N1CCN2C[C@H](Oc3cccc(C(F)(F)F)n3)C[C@H]2C1. The van der Waals surface area contributed by atoms with Gasteiger partial charge in [-0.2, -0.15) is 30.6 Å². The van der Waals surface area contributed by atoms with Crippen LogP contribution in [0.3, 0.4) is 0 Å². The minimum Gasteiger partial charge on any atom is -0.473 e. The summed E-state index contributed by atoms with van der Waals surface area (Å²) in [6.45, 7) is 0.801. The number of nitrogens with zero attached hydrogens (tertiary/aromatic N) is 3. The number of hydrogen-bond acceptors (Lipinski definition) is 5. The Bertz CT molecular complexity index is 1170. The summed E-state index contributed by atoms with van der Waals surface area (Å²) in [5.74, 6) is -0.180. The summed E-state index contributed by atoms with van der Waals surface area (Å²) < 4.78 is 110. The second-order valence-electron chi connectivity index (χ2n) is 7.99. The highest BCUT2D eigenvalue weighted by Gasteiger charge is 2.42. The molecular formula is C20H18ClF6N3O3S. The van der Waals surface area contributed by atoms with Crippen LogP contribution in [-0.2, 0) is 22.4 Å². The maximum absolute atomic E-state index is 13.1. The maximum atomic E-state index is 13.1. The molecule has 0 bridgehead atoms. The lowest BCUT2D eigenvalue weighted by Crippen LogP contribution is -2.51. The number of ether oxygens (including phenoxy) is 1. The number of fused-ring (bicyclic) bond motifs is 1. The molecule has 0 spiro atoms. The van der Waals surface area contributed by atoms with Crippen LogP contribution in [0, 0.1) is 0 Å². The molecule has 34 heavy (non-hydrogen) atoms. The van der Waals surface area contributed by atoms with E-state index in [0.29, 0.717) is 31.6 Å². The monoisotopic (exact) mass is 529 g/mol. The van der Waals surface area contributed by atoms with Crippen LogP contribution in [0.25, 0.3) is 0 Å². The Morgan fingerprint density at radius 1 is 1.00 bits per heavy atom. The van der Waals surface area contributed by atoms with Crippen molar-refractivity contribution in [3.63, 3.8) is 0 Å². The molecule has 6 nitrogen and oxygen atoms in total. The molecule has 2 fully saturated rings. The number of halogens is 7.